The van der Waals surface area contributed by atoms with Crippen molar-refractivity contribution < 1.29 is 14.6 Å². The first-order chi connectivity index (χ1) is 14.9. The van der Waals surface area contributed by atoms with E-state index in [1.807, 2.05) is 26.0 Å². The van der Waals surface area contributed by atoms with Crippen LogP contribution in [0.4, 0.5) is 0 Å². The summed E-state index contributed by atoms with van der Waals surface area (Å²) in [5.41, 5.74) is 2.74. The molecule has 0 aliphatic rings. The summed E-state index contributed by atoms with van der Waals surface area (Å²) in [6.45, 7) is 3.65. The second-order valence-electron chi connectivity index (χ2n) is 7.56. The summed E-state index contributed by atoms with van der Waals surface area (Å²) < 4.78 is 12.1. The number of nitrogens with zero attached hydrogens (tertiary/aromatic N) is 5. The van der Waals surface area contributed by atoms with Crippen molar-refractivity contribution in [2.24, 2.45) is 0 Å². The minimum Gasteiger partial charge on any atom is -0.494 e. The molecule has 8 nitrogen and oxygen atoms in total. The molecule has 0 saturated heterocycles. The Labute approximate surface area is 179 Å². The van der Waals surface area contributed by atoms with Gasteiger partial charge in [0.05, 0.1) is 54.2 Å². The third kappa shape index (κ3) is 3.51. The second-order valence-corrected chi connectivity index (χ2v) is 7.56. The minimum absolute atomic E-state index is 0.0493. The molecule has 0 aromatic carbocycles. The second kappa shape index (κ2) is 7.61. The summed E-state index contributed by atoms with van der Waals surface area (Å²) in [6.07, 6.45) is 6.69. The van der Waals surface area contributed by atoms with Crippen molar-refractivity contribution >= 4 is 10.9 Å². The lowest BCUT2D eigenvalue weighted by Gasteiger charge is -2.16. The van der Waals surface area contributed by atoms with Gasteiger partial charge in [0.2, 0.25) is 5.88 Å². The van der Waals surface area contributed by atoms with Crippen LogP contribution in [0.2, 0.25) is 0 Å². The van der Waals surface area contributed by atoms with Gasteiger partial charge in [-0.2, -0.15) is 5.26 Å². The van der Waals surface area contributed by atoms with Gasteiger partial charge in [0.1, 0.15) is 0 Å². The fourth-order valence-electron chi connectivity index (χ4n) is 3.27. The Hall–Kier alpha value is -4.12. The zero-order valence-corrected chi connectivity index (χ0v) is 17.6. The Morgan fingerprint density at radius 2 is 1.90 bits per heavy atom. The normalized spacial score (nSPS) is 11.3. The van der Waals surface area contributed by atoms with Crippen LogP contribution in [0.1, 0.15) is 19.4 Å². The molecule has 31 heavy (non-hydrogen) atoms. The van der Waals surface area contributed by atoms with Crippen molar-refractivity contribution in [3.8, 4) is 40.5 Å². The van der Waals surface area contributed by atoms with E-state index in [0.29, 0.717) is 33.9 Å². The van der Waals surface area contributed by atoms with Crippen LogP contribution in [0, 0.1) is 11.3 Å². The zero-order chi connectivity index (χ0) is 22.2. The quantitative estimate of drug-likeness (QED) is 0.525. The highest BCUT2D eigenvalue weighted by atomic mass is 16.5. The van der Waals surface area contributed by atoms with Crippen molar-refractivity contribution in [3.05, 3.63) is 54.6 Å². The van der Waals surface area contributed by atoms with Crippen LogP contribution >= 0.6 is 0 Å². The molecule has 4 aromatic heterocycles. The Kier molecular flexibility index (Phi) is 4.95. The lowest BCUT2D eigenvalue weighted by Crippen LogP contribution is -2.14. The highest BCUT2D eigenvalue weighted by molar-refractivity contribution is 5.87. The van der Waals surface area contributed by atoms with Gasteiger partial charge in [-0.3, -0.25) is 9.55 Å². The van der Waals surface area contributed by atoms with Crippen LogP contribution < -0.4 is 9.47 Å². The molecule has 156 valence electrons. The molecule has 0 spiro atoms. The number of aromatic hydroxyl groups is 1. The zero-order valence-electron chi connectivity index (χ0n) is 17.6. The van der Waals surface area contributed by atoms with E-state index >= 15 is 0 Å². The average molecular weight is 415 g/mol. The largest absolute Gasteiger partial charge is 0.494 e. The van der Waals surface area contributed by atoms with E-state index in [2.05, 4.69) is 21.0 Å². The molecule has 8 heteroatoms. The molecule has 0 bridgehead atoms. The molecule has 1 N–H and O–H groups in total. The van der Waals surface area contributed by atoms with Gasteiger partial charge >= 0.3 is 0 Å². The van der Waals surface area contributed by atoms with Gasteiger partial charge in [-0.05, 0) is 43.7 Å². The van der Waals surface area contributed by atoms with E-state index in [9.17, 15) is 10.4 Å². The molecule has 4 heterocycles. The van der Waals surface area contributed by atoms with Gasteiger partial charge in [-0.1, -0.05) is 0 Å². The number of hydrogen-bond donors (Lipinski definition) is 1. The highest BCUT2D eigenvalue weighted by Gasteiger charge is 2.21. The van der Waals surface area contributed by atoms with Crippen molar-refractivity contribution in [1.82, 2.24) is 19.5 Å². The summed E-state index contributed by atoms with van der Waals surface area (Å²) in [5, 5.41) is 20.8. The molecule has 0 atom stereocenters. The lowest BCUT2D eigenvalue weighted by atomic mass is 9.87. The first-order valence-corrected chi connectivity index (χ1v) is 9.54. The van der Waals surface area contributed by atoms with Gasteiger partial charge in [-0.25, -0.2) is 9.97 Å². The van der Waals surface area contributed by atoms with Crippen LogP contribution in [0.15, 0.2) is 49.1 Å². The van der Waals surface area contributed by atoms with Crippen LogP contribution in [-0.2, 0) is 5.41 Å². The number of pyridine rings is 3. The fraction of sp³-hybridized carbons (Fsp3) is 0.217. The Balaban J connectivity index is 1.79. The Morgan fingerprint density at radius 1 is 1.10 bits per heavy atom. The lowest BCUT2D eigenvalue weighted by molar-refractivity contribution is 0.343. The van der Waals surface area contributed by atoms with Crippen LogP contribution in [0.25, 0.3) is 27.8 Å². The maximum atomic E-state index is 10.8. The molecule has 0 fully saturated rings. The summed E-state index contributed by atoms with van der Waals surface area (Å²) in [4.78, 5) is 13.2. The van der Waals surface area contributed by atoms with Crippen molar-refractivity contribution in [1.29, 1.82) is 5.26 Å². The molecular formula is C23H21N5O3. The summed E-state index contributed by atoms with van der Waals surface area (Å²) >= 11 is 0. The molecule has 0 radical (unpaired) electrons. The SMILES string of the molecule is COc1cc(-c2ccc3c(O)n(-c4cncc(C(C)(C)C#N)c4)cc3n2)cnc1OC. The van der Waals surface area contributed by atoms with Crippen LogP contribution in [0.5, 0.6) is 17.5 Å². The third-order valence-corrected chi connectivity index (χ3v) is 5.18. The van der Waals surface area contributed by atoms with Gasteiger partial charge in [0, 0.05) is 24.2 Å². The van der Waals surface area contributed by atoms with E-state index in [1.165, 1.54) is 7.11 Å². The summed E-state index contributed by atoms with van der Waals surface area (Å²) in [6, 6.07) is 9.52. The van der Waals surface area contributed by atoms with Gasteiger partial charge < -0.3 is 14.6 Å². The Bertz CT molecular complexity index is 1320. The molecular weight excluding hydrogens is 394 g/mol. The van der Waals surface area contributed by atoms with E-state index in [1.54, 1.807) is 48.6 Å². The van der Waals surface area contributed by atoms with Gasteiger partial charge in [0.15, 0.2) is 5.75 Å². The van der Waals surface area contributed by atoms with Gasteiger partial charge in [-0.15, -0.1) is 0 Å². The smallest absolute Gasteiger partial charge is 0.256 e. The van der Waals surface area contributed by atoms with Gasteiger partial charge in [0.25, 0.3) is 5.88 Å². The molecule has 0 aliphatic carbocycles. The van der Waals surface area contributed by atoms with E-state index < -0.39 is 5.41 Å². The van der Waals surface area contributed by atoms with Crippen molar-refractivity contribution in [2.45, 2.75) is 19.3 Å². The monoisotopic (exact) mass is 415 g/mol. The Morgan fingerprint density at radius 3 is 2.61 bits per heavy atom. The predicted molar refractivity (Wildman–Crippen MR) is 116 cm³/mol. The number of fused-ring (bicyclic) bond motifs is 1. The third-order valence-electron chi connectivity index (χ3n) is 5.18. The molecule has 4 rings (SSSR count). The van der Waals surface area contributed by atoms with Crippen molar-refractivity contribution in [3.63, 3.8) is 0 Å². The maximum Gasteiger partial charge on any atom is 0.256 e. The first kappa shape index (κ1) is 20.2. The van der Waals surface area contributed by atoms with E-state index in [-0.39, 0.29) is 5.88 Å². The standard InChI is InChI=1S/C23H21N5O3/c1-23(2,13-24)15-8-16(11-25-10-15)28-12-19-17(22(28)29)5-6-18(27-19)14-7-20(30-3)21(31-4)26-9-14/h5-12,29H,1-4H3. The van der Waals surface area contributed by atoms with E-state index in [4.69, 9.17) is 9.47 Å². The molecule has 4 aromatic rings. The number of nitriles is 1. The van der Waals surface area contributed by atoms with Crippen LogP contribution in [0.3, 0.4) is 0 Å². The maximum absolute atomic E-state index is 10.8. The topological polar surface area (TPSA) is 106 Å². The molecule has 0 aliphatic heterocycles. The highest BCUT2D eigenvalue weighted by Crippen LogP contribution is 2.34. The van der Waals surface area contributed by atoms with E-state index in [0.717, 1.165) is 11.1 Å². The number of aromatic nitrogens is 4. The fourth-order valence-corrected chi connectivity index (χ4v) is 3.27. The number of ether oxygens (including phenoxy) is 2. The summed E-state index contributed by atoms with van der Waals surface area (Å²) in [5.74, 6) is 0.947. The van der Waals surface area contributed by atoms with Crippen LogP contribution in [-0.4, -0.2) is 38.8 Å². The molecule has 0 saturated carbocycles. The minimum atomic E-state index is -0.697. The summed E-state index contributed by atoms with van der Waals surface area (Å²) in [7, 11) is 3.08. The average Bonchev–Trinajstić information content (AvgIpc) is 3.14. The number of rotatable bonds is 5. The number of hydrogen-bond acceptors (Lipinski definition) is 7. The first-order valence-electron chi connectivity index (χ1n) is 9.54. The predicted octanol–water partition coefficient (Wildman–Crippen LogP) is 4.01. The molecule has 0 amide bonds. The number of methoxy groups -OCH3 is 2. The molecule has 0 unspecified atom stereocenters. The van der Waals surface area contributed by atoms with Crippen molar-refractivity contribution in [2.75, 3.05) is 14.2 Å².